The number of hydrogen-bond acceptors (Lipinski definition) is 5. The van der Waals surface area contributed by atoms with E-state index in [0.717, 1.165) is 11.1 Å². The maximum absolute atomic E-state index is 11.8. The molecule has 0 spiro atoms. The fourth-order valence-corrected chi connectivity index (χ4v) is 2.38. The first-order valence-corrected chi connectivity index (χ1v) is 8.12. The van der Waals surface area contributed by atoms with Gasteiger partial charge in [-0.1, -0.05) is 18.2 Å². The summed E-state index contributed by atoms with van der Waals surface area (Å²) in [6.07, 6.45) is 1.33. The number of nitrogens with zero attached hydrogens (tertiary/aromatic N) is 2. The highest BCUT2D eigenvalue weighted by atomic mass is 79.9. The van der Waals surface area contributed by atoms with Crippen LogP contribution < -0.4 is 10.2 Å². The molecule has 0 atom stereocenters. The SMILES string of the molecule is Cc1cccc(OCC(=O)NN=Cc2ccc(Br)c([N+](=O)[O-])c2)c1C. The summed E-state index contributed by atoms with van der Waals surface area (Å²) in [5.41, 5.74) is 4.79. The predicted molar refractivity (Wildman–Crippen MR) is 97.9 cm³/mol. The first-order valence-electron chi connectivity index (χ1n) is 7.33. The third-order valence-electron chi connectivity index (χ3n) is 3.48. The number of amides is 1. The lowest BCUT2D eigenvalue weighted by Crippen LogP contribution is -2.24. The van der Waals surface area contributed by atoms with Crippen LogP contribution in [0.3, 0.4) is 0 Å². The van der Waals surface area contributed by atoms with E-state index in [1.807, 2.05) is 26.0 Å². The van der Waals surface area contributed by atoms with Crippen LogP contribution in [0.4, 0.5) is 5.69 Å². The second-order valence-electron chi connectivity index (χ2n) is 5.25. The maximum atomic E-state index is 11.8. The van der Waals surface area contributed by atoms with Gasteiger partial charge in [-0.3, -0.25) is 14.9 Å². The summed E-state index contributed by atoms with van der Waals surface area (Å²) in [4.78, 5) is 22.1. The molecule has 0 saturated carbocycles. The summed E-state index contributed by atoms with van der Waals surface area (Å²) in [7, 11) is 0. The molecule has 0 aliphatic rings. The Morgan fingerprint density at radius 2 is 2.12 bits per heavy atom. The van der Waals surface area contributed by atoms with Gasteiger partial charge in [0.05, 0.1) is 15.6 Å². The molecule has 7 nitrogen and oxygen atoms in total. The standard InChI is InChI=1S/C17H16BrN3O4/c1-11-4-3-5-16(12(11)2)25-10-17(22)20-19-9-13-6-7-14(18)15(8-13)21(23)24/h3-9H,10H2,1-2H3,(H,20,22). The average Bonchev–Trinajstić information content (AvgIpc) is 2.57. The van der Waals surface area contributed by atoms with Crippen LogP contribution in [0.15, 0.2) is 46.0 Å². The molecule has 0 unspecified atom stereocenters. The van der Waals surface area contributed by atoms with Gasteiger partial charge in [-0.25, -0.2) is 5.43 Å². The monoisotopic (exact) mass is 405 g/mol. The van der Waals surface area contributed by atoms with Crippen molar-refractivity contribution in [1.29, 1.82) is 0 Å². The Labute approximate surface area is 153 Å². The van der Waals surface area contributed by atoms with E-state index >= 15 is 0 Å². The summed E-state index contributed by atoms with van der Waals surface area (Å²) >= 11 is 3.10. The first kappa shape index (κ1) is 18.6. The molecule has 130 valence electrons. The molecule has 1 N–H and O–H groups in total. The average molecular weight is 406 g/mol. The number of halogens is 1. The van der Waals surface area contributed by atoms with Gasteiger partial charge in [0.25, 0.3) is 11.6 Å². The quantitative estimate of drug-likeness (QED) is 0.451. The zero-order chi connectivity index (χ0) is 18.4. The summed E-state index contributed by atoms with van der Waals surface area (Å²) in [6.45, 7) is 3.70. The molecule has 2 rings (SSSR count). The van der Waals surface area contributed by atoms with E-state index in [4.69, 9.17) is 4.74 Å². The van der Waals surface area contributed by atoms with E-state index < -0.39 is 10.8 Å². The van der Waals surface area contributed by atoms with Crippen LogP contribution in [0, 0.1) is 24.0 Å². The Balaban J connectivity index is 1.91. The second-order valence-corrected chi connectivity index (χ2v) is 6.10. The van der Waals surface area contributed by atoms with Crippen LogP contribution in [0.25, 0.3) is 0 Å². The molecule has 0 bridgehead atoms. The number of nitrogens with one attached hydrogen (secondary N) is 1. The van der Waals surface area contributed by atoms with Crippen molar-refractivity contribution >= 4 is 33.7 Å². The van der Waals surface area contributed by atoms with Crippen molar-refractivity contribution in [2.75, 3.05) is 6.61 Å². The number of rotatable bonds is 6. The molecule has 0 aliphatic carbocycles. The van der Waals surface area contributed by atoms with Crippen LogP contribution in [-0.4, -0.2) is 23.7 Å². The van der Waals surface area contributed by atoms with Gasteiger partial charge in [-0.2, -0.15) is 5.10 Å². The molecule has 2 aromatic rings. The van der Waals surface area contributed by atoms with Crippen LogP contribution >= 0.6 is 15.9 Å². The molecule has 8 heteroatoms. The molecular formula is C17H16BrN3O4. The lowest BCUT2D eigenvalue weighted by molar-refractivity contribution is -0.385. The summed E-state index contributed by atoms with van der Waals surface area (Å²) in [5, 5.41) is 14.7. The zero-order valence-electron chi connectivity index (χ0n) is 13.7. The minimum atomic E-state index is -0.502. The molecule has 1 amide bonds. The normalized spacial score (nSPS) is 10.7. The van der Waals surface area contributed by atoms with Crippen molar-refractivity contribution in [2.24, 2.45) is 5.10 Å². The number of ether oxygens (including phenoxy) is 1. The maximum Gasteiger partial charge on any atom is 0.284 e. The number of aryl methyl sites for hydroxylation is 1. The van der Waals surface area contributed by atoms with Gasteiger partial charge in [0.2, 0.25) is 0 Å². The number of carbonyl (C=O) groups is 1. The highest BCUT2D eigenvalue weighted by Crippen LogP contribution is 2.25. The van der Waals surface area contributed by atoms with E-state index in [0.29, 0.717) is 15.8 Å². The molecule has 0 aromatic heterocycles. The highest BCUT2D eigenvalue weighted by molar-refractivity contribution is 9.10. The number of carbonyl (C=O) groups excluding carboxylic acids is 1. The Bertz CT molecular complexity index is 837. The fraction of sp³-hybridized carbons (Fsp3) is 0.176. The Kier molecular flexibility index (Phi) is 6.24. The summed E-state index contributed by atoms with van der Waals surface area (Å²) < 4.78 is 5.84. The molecule has 25 heavy (non-hydrogen) atoms. The van der Waals surface area contributed by atoms with E-state index in [1.54, 1.807) is 18.2 Å². The largest absolute Gasteiger partial charge is 0.483 e. The number of nitro groups is 1. The Morgan fingerprint density at radius 3 is 2.84 bits per heavy atom. The van der Waals surface area contributed by atoms with Gasteiger partial charge >= 0.3 is 0 Å². The van der Waals surface area contributed by atoms with Gasteiger partial charge in [0, 0.05) is 11.6 Å². The molecule has 0 aliphatic heterocycles. The van der Waals surface area contributed by atoms with Crippen LogP contribution in [0.5, 0.6) is 5.75 Å². The Hall–Kier alpha value is -2.74. The van der Waals surface area contributed by atoms with Crippen molar-refractivity contribution < 1.29 is 14.5 Å². The van der Waals surface area contributed by atoms with Gasteiger partial charge in [-0.05, 0) is 53.0 Å². The predicted octanol–water partition coefficient (Wildman–Crippen LogP) is 3.50. The topological polar surface area (TPSA) is 93.8 Å². The minimum absolute atomic E-state index is 0.0754. The van der Waals surface area contributed by atoms with Crippen LogP contribution in [-0.2, 0) is 4.79 Å². The highest BCUT2D eigenvalue weighted by Gasteiger charge is 2.11. The van der Waals surface area contributed by atoms with E-state index in [2.05, 4.69) is 26.5 Å². The first-order chi connectivity index (χ1) is 11.9. The van der Waals surface area contributed by atoms with Gasteiger partial charge in [0.1, 0.15) is 5.75 Å². The number of hydrogen-bond donors (Lipinski definition) is 1. The molecule has 0 heterocycles. The molecule has 0 radical (unpaired) electrons. The van der Waals surface area contributed by atoms with Crippen LogP contribution in [0.2, 0.25) is 0 Å². The van der Waals surface area contributed by atoms with Crippen LogP contribution in [0.1, 0.15) is 16.7 Å². The Morgan fingerprint density at radius 1 is 1.36 bits per heavy atom. The zero-order valence-corrected chi connectivity index (χ0v) is 15.2. The van der Waals surface area contributed by atoms with Gasteiger partial charge in [0.15, 0.2) is 6.61 Å². The van der Waals surface area contributed by atoms with E-state index in [1.165, 1.54) is 12.3 Å². The van der Waals surface area contributed by atoms with E-state index in [9.17, 15) is 14.9 Å². The number of nitro benzene ring substituents is 1. The summed E-state index contributed by atoms with van der Waals surface area (Å²) in [5.74, 6) is 0.214. The fourth-order valence-electron chi connectivity index (χ4n) is 1.98. The molecule has 0 fully saturated rings. The lowest BCUT2D eigenvalue weighted by Gasteiger charge is -2.09. The molecular weight excluding hydrogens is 390 g/mol. The number of hydrazone groups is 1. The van der Waals surface area contributed by atoms with Crippen molar-refractivity contribution in [1.82, 2.24) is 5.43 Å². The third kappa shape index (κ3) is 5.12. The van der Waals surface area contributed by atoms with Crippen molar-refractivity contribution in [2.45, 2.75) is 13.8 Å². The molecule has 0 saturated heterocycles. The third-order valence-corrected chi connectivity index (χ3v) is 4.15. The van der Waals surface area contributed by atoms with Crippen molar-refractivity contribution in [3.63, 3.8) is 0 Å². The van der Waals surface area contributed by atoms with Gasteiger partial charge in [-0.15, -0.1) is 0 Å². The smallest absolute Gasteiger partial charge is 0.284 e. The minimum Gasteiger partial charge on any atom is -0.483 e. The van der Waals surface area contributed by atoms with Crippen molar-refractivity contribution in [3.8, 4) is 5.75 Å². The second kappa shape index (κ2) is 8.39. The summed E-state index contributed by atoms with van der Waals surface area (Å²) in [6, 6.07) is 10.1. The molecule has 2 aromatic carbocycles. The van der Waals surface area contributed by atoms with Gasteiger partial charge < -0.3 is 4.74 Å². The lowest BCUT2D eigenvalue weighted by atomic mass is 10.1. The van der Waals surface area contributed by atoms with Crippen molar-refractivity contribution in [3.05, 3.63) is 67.7 Å². The number of benzene rings is 2. The van der Waals surface area contributed by atoms with E-state index in [-0.39, 0.29) is 12.3 Å².